The second-order valence-corrected chi connectivity index (χ2v) is 6.98. The van der Waals surface area contributed by atoms with Crippen molar-refractivity contribution in [2.75, 3.05) is 18.9 Å². The van der Waals surface area contributed by atoms with Crippen molar-refractivity contribution < 1.29 is 17.6 Å². The van der Waals surface area contributed by atoms with Crippen LogP contribution in [0.2, 0.25) is 0 Å². The number of anilines is 1. The van der Waals surface area contributed by atoms with E-state index in [2.05, 4.69) is 15.5 Å². The third-order valence-electron chi connectivity index (χ3n) is 5.08. The third-order valence-corrected chi connectivity index (χ3v) is 5.08. The number of benzene rings is 2. The van der Waals surface area contributed by atoms with Gasteiger partial charge in [0, 0.05) is 29.9 Å². The maximum absolute atomic E-state index is 15.3. The summed E-state index contributed by atoms with van der Waals surface area (Å²) in [5.41, 5.74) is 1.30. The Morgan fingerprint density at radius 1 is 1.00 bits per heavy atom. The molecule has 0 saturated carbocycles. The van der Waals surface area contributed by atoms with Crippen LogP contribution in [0.1, 0.15) is 22.9 Å². The number of hydrogen-bond acceptors (Lipinski definition) is 4. The molecule has 4 rings (SSSR count). The molecule has 150 valence electrons. The molecule has 0 fully saturated rings. The summed E-state index contributed by atoms with van der Waals surface area (Å²) in [5.74, 6) is -0.510. The van der Waals surface area contributed by atoms with Crippen molar-refractivity contribution in [3.05, 3.63) is 77.2 Å². The van der Waals surface area contributed by atoms with E-state index in [-0.39, 0.29) is 17.3 Å². The Kier molecular flexibility index (Phi) is 4.96. The molecule has 0 aliphatic carbocycles. The molecule has 1 aromatic heterocycles. The van der Waals surface area contributed by atoms with Gasteiger partial charge >= 0.3 is 6.18 Å². The van der Waals surface area contributed by atoms with Crippen LogP contribution in [0.25, 0.3) is 11.3 Å². The van der Waals surface area contributed by atoms with E-state index in [1.165, 1.54) is 6.07 Å². The quantitative estimate of drug-likeness (QED) is 0.619. The summed E-state index contributed by atoms with van der Waals surface area (Å²) >= 11 is 0. The Labute approximate surface area is 165 Å². The van der Waals surface area contributed by atoms with E-state index >= 15 is 4.39 Å². The second kappa shape index (κ2) is 7.44. The highest BCUT2D eigenvalue weighted by molar-refractivity contribution is 5.67. The first-order chi connectivity index (χ1) is 13.8. The van der Waals surface area contributed by atoms with E-state index in [0.717, 1.165) is 17.7 Å². The normalized spacial score (nSPS) is 17.3. The van der Waals surface area contributed by atoms with Gasteiger partial charge in [0.05, 0.1) is 11.7 Å². The molecule has 1 aliphatic heterocycles. The van der Waals surface area contributed by atoms with Gasteiger partial charge in [-0.05, 0) is 36.9 Å². The summed E-state index contributed by atoms with van der Waals surface area (Å²) in [4.78, 5) is 2.04. The van der Waals surface area contributed by atoms with Crippen LogP contribution in [-0.2, 0) is 12.7 Å². The second-order valence-electron chi connectivity index (χ2n) is 6.98. The van der Waals surface area contributed by atoms with E-state index in [9.17, 15) is 13.2 Å². The van der Waals surface area contributed by atoms with Crippen LogP contribution in [0.3, 0.4) is 0 Å². The van der Waals surface area contributed by atoms with E-state index in [4.69, 9.17) is 0 Å². The molecule has 0 saturated heterocycles. The van der Waals surface area contributed by atoms with Crippen LogP contribution < -0.4 is 5.32 Å². The Hall–Kier alpha value is -3.00. The highest BCUT2D eigenvalue weighted by Gasteiger charge is 2.33. The standard InChI is InChI=1S/C21H18F4N4/c1-29-12-15-16(26-11-18(29)13-5-3-2-4-6-13)8-7-14(20(15)22)17-9-10-19(28-27-17)21(23,24)25/h2-10,18,26H,11-12H2,1H3. The number of alkyl halides is 3. The maximum atomic E-state index is 15.3. The first-order valence-electron chi connectivity index (χ1n) is 9.06. The highest BCUT2D eigenvalue weighted by atomic mass is 19.4. The molecular formula is C21H18F4N4. The summed E-state index contributed by atoms with van der Waals surface area (Å²) in [6, 6.07) is 15.2. The van der Waals surface area contributed by atoms with Crippen molar-refractivity contribution in [2.45, 2.75) is 18.8 Å². The number of aromatic nitrogens is 2. The average Bonchev–Trinajstić information content (AvgIpc) is 2.87. The SMILES string of the molecule is CN1Cc2c(ccc(-c3ccc(C(F)(F)F)nn3)c2F)NCC1c1ccccc1. The van der Waals surface area contributed by atoms with Gasteiger partial charge in [0.2, 0.25) is 0 Å². The van der Waals surface area contributed by atoms with Gasteiger partial charge in [0.25, 0.3) is 0 Å². The Bertz CT molecular complexity index is 1000. The van der Waals surface area contributed by atoms with Gasteiger partial charge in [-0.15, -0.1) is 10.2 Å². The Balaban J connectivity index is 1.66. The number of likely N-dealkylation sites (N-methyl/N-ethyl adjacent to an activating group) is 1. The number of fused-ring (bicyclic) bond motifs is 1. The number of nitrogens with zero attached hydrogens (tertiary/aromatic N) is 3. The van der Waals surface area contributed by atoms with Crippen LogP contribution in [-0.4, -0.2) is 28.7 Å². The largest absolute Gasteiger partial charge is 0.435 e. The molecular weight excluding hydrogens is 384 g/mol. The number of halogens is 4. The molecule has 0 radical (unpaired) electrons. The fourth-order valence-corrected chi connectivity index (χ4v) is 3.54. The molecule has 2 aromatic carbocycles. The van der Waals surface area contributed by atoms with Crippen molar-refractivity contribution in [1.29, 1.82) is 0 Å². The predicted octanol–water partition coefficient (Wildman–Crippen LogP) is 4.90. The van der Waals surface area contributed by atoms with Crippen molar-refractivity contribution in [3.8, 4) is 11.3 Å². The van der Waals surface area contributed by atoms with Gasteiger partial charge in [-0.1, -0.05) is 30.3 Å². The maximum Gasteiger partial charge on any atom is 0.435 e. The lowest BCUT2D eigenvalue weighted by molar-refractivity contribution is -0.141. The first kappa shape index (κ1) is 19.3. The average molecular weight is 402 g/mol. The number of rotatable bonds is 2. The van der Waals surface area contributed by atoms with E-state index in [0.29, 0.717) is 24.3 Å². The number of hydrogen-bond donors (Lipinski definition) is 1. The minimum atomic E-state index is -4.59. The molecule has 8 heteroatoms. The lowest BCUT2D eigenvalue weighted by Crippen LogP contribution is -2.27. The molecule has 4 nitrogen and oxygen atoms in total. The van der Waals surface area contributed by atoms with E-state index in [1.807, 2.05) is 42.3 Å². The van der Waals surface area contributed by atoms with E-state index < -0.39 is 17.7 Å². The van der Waals surface area contributed by atoms with Crippen molar-refractivity contribution >= 4 is 5.69 Å². The van der Waals surface area contributed by atoms with Gasteiger partial charge in [0.15, 0.2) is 5.69 Å². The molecule has 0 spiro atoms. The van der Waals surface area contributed by atoms with Crippen LogP contribution in [0.5, 0.6) is 0 Å². The zero-order chi connectivity index (χ0) is 20.6. The summed E-state index contributed by atoms with van der Waals surface area (Å²) in [5, 5.41) is 10.1. The molecule has 29 heavy (non-hydrogen) atoms. The molecule has 3 aromatic rings. The lowest BCUT2D eigenvalue weighted by atomic mass is 10.0. The van der Waals surface area contributed by atoms with Gasteiger partial charge in [-0.25, -0.2) is 4.39 Å². The minimum absolute atomic E-state index is 0.0531. The Morgan fingerprint density at radius 3 is 2.41 bits per heavy atom. The van der Waals surface area contributed by atoms with E-state index in [1.54, 1.807) is 6.07 Å². The van der Waals surface area contributed by atoms with Crippen LogP contribution >= 0.6 is 0 Å². The van der Waals surface area contributed by atoms with Gasteiger partial charge < -0.3 is 5.32 Å². The predicted molar refractivity (Wildman–Crippen MR) is 102 cm³/mol. The Morgan fingerprint density at radius 2 is 1.76 bits per heavy atom. The zero-order valence-electron chi connectivity index (χ0n) is 15.5. The van der Waals surface area contributed by atoms with Crippen LogP contribution in [0, 0.1) is 5.82 Å². The third kappa shape index (κ3) is 3.80. The molecule has 1 N–H and O–H groups in total. The van der Waals surface area contributed by atoms with Crippen LogP contribution in [0.15, 0.2) is 54.6 Å². The fraction of sp³-hybridized carbons (Fsp3) is 0.238. The molecule has 1 atom stereocenters. The lowest BCUT2D eigenvalue weighted by Gasteiger charge is -2.26. The van der Waals surface area contributed by atoms with Crippen LogP contribution in [0.4, 0.5) is 23.2 Å². The summed E-state index contributed by atoms with van der Waals surface area (Å²) < 4.78 is 53.4. The topological polar surface area (TPSA) is 41.1 Å². The molecule has 0 amide bonds. The number of nitrogens with one attached hydrogen (secondary N) is 1. The smallest absolute Gasteiger partial charge is 0.383 e. The molecule has 1 aliphatic rings. The monoisotopic (exact) mass is 402 g/mol. The summed E-state index contributed by atoms with van der Waals surface area (Å²) in [7, 11) is 1.92. The molecule has 0 bridgehead atoms. The van der Waals surface area contributed by atoms with Crippen molar-refractivity contribution in [3.63, 3.8) is 0 Å². The van der Waals surface area contributed by atoms with Crippen molar-refractivity contribution in [2.24, 2.45) is 0 Å². The van der Waals surface area contributed by atoms with Gasteiger partial charge in [-0.2, -0.15) is 13.2 Å². The highest BCUT2D eigenvalue weighted by Crippen LogP contribution is 2.35. The minimum Gasteiger partial charge on any atom is -0.383 e. The van der Waals surface area contributed by atoms with Crippen molar-refractivity contribution in [1.82, 2.24) is 15.1 Å². The van der Waals surface area contributed by atoms with Gasteiger partial charge in [-0.3, -0.25) is 4.90 Å². The van der Waals surface area contributed by atoms with Gasteiger partial charge in [0.1, 0.15) is 5.82 Å². The molecule has 2 heterocycles. The fourth-order valence-electron chi connectivity index (χ4n) is 3.54. The summed E-state index contributed by atoms with van der Waals surface area (Å²) in [6.07, 6.45) is -4.59. The molecule has 1 unspecified atom stereocenters. The zero-order valence-corrected chi connectivity index (χ0v) is 15.5. The summed E-state index contributed by atoms with van der Waals surface area (Å²) in [6.45, 7) is 0.946. The first-order valence-corrected chi connectivity index (χ1v) is 9.06.